The second-order valence-corrected chi connectivity index (χ2v) is 5.48. The average Bonchev–Trinajstić information content (AvgIpc) is 2.39. The van der Waals surface area contributed by atoms with Crippen LogP contribution in [0.4, 0.5) is 0 Å². The van der Waals surface area contributed by atoms with Crippen LogP contribution in [0.2, 0.25) is 0 Å². The fourth-order valence-corrected chi connectivity index (χ4v) is 2.34. The first-order valence-electron chi connectivity index (χ1n) is 6.16. The molecular formula is C14H19NO3S. The van der Waals surface area contributed by atoms with Gasteiger partial charge in [0.05, 0.1) is 0 Å². The molecule has 0 heterocycles. The summed E-state index contributed by atoms with van der Waals surface area (Å²) in [5.74, 6) is 0. The van der Waals surface area contributed by atoms with E-state index in [-0.39, 0.29) is 4.90 Å². The molecular weight excluding hydrogens is 262 g/mol. The van der Waals surface area contributed by atoms with Crippen molar-refractivity contribution in [2.75, 3.05) is 6.54 Å². The van der Waals surface area contributed by atoms with E-state index < -0.39 is 10.1 Å². The van der Waals surface area contributed by atoms with E-state index in [1.807, 2.05) is 6.07 Å². The third kappa shape index (κ3) is 4.63. The smallest absolute Gasteiger partial charge is 0.295 e. The zero-order valence-corrected chi connectivity index (χ0v) is 11.7. The van der Waals surface area contributed by atoms with Crippen LogP contribution >= 0.6 is 0 Å². The van der Waals surface area contributed by atoms with Crippen molar-refractivity contribution in [3.8, 4) is 0 Å². The van der Waals surface area contributed by atoms with Crippen molar-refractivity contribution in [1.82, 2.24) is 0 Å². The number of hydrogen-bond acceptors (Lipinski definition) is 3. The topological polar surface area (TPSA) is 80.4 Å². The van der Waals surface area contributed by atoms with Crippen molar-refractivity contribution in [1.29, 1.82) is 0 Å². The molecule has 2 aromatic carbocycles. The highest BCUT2D eigenvalue weighted by molar-refractivity contribution is 7.86. The zero-order chi connectivity index (χ0) is 14.3. The molecule has 3 N–H and O–H groups in total. The Morgan fingerprint density at radius 1 is 1.11 bits per heavy atom. The fourth-order valence-electron chi connectivity index (χ4n) is 1.62. The van der Waals surface area contributed by atoms with Crippen LogP contribution in [0.5, 0.6) is 0 Å². The van der Waals surface area contributed by atoms with E-state index in [2.05, 4.69) is 6.92 Å². The van der Waals surface area contributed by atoms with E-state index in [1.165, 1.54) is 18.9 Å². The van der Waals surface area contributed by atoms with Gasteiger partial charge in [0, 0.05) is 5.39 Å². The summed E-state index contributed by atoms with van der Waals surface area (Å²) in [4.78, 5) is -0.0457. The summed E-state index contributed by atoms with van der Waals surface area (Å²) in [7, 11) is -4.13. The minimum atomic E-state index is -4.13. The van der Waals surface area contributed by atoms with Crippen molar-refractivity contribution in [3.63, 3.8) is 0 Å². The van der Waals surface area contributed by atoms with Gasteiger partial charge in [-0.2, -0.15) is 8.42 Å². The van der Waals surface area contributed by atoms with E-state index in [4.69, 9.17) is 10.3 Å². The van der Waals surface area contributed by atoms with Gasteiger partial charge in [0.1, 0.15) is 4.90 Å². The van der Waals surface area contributed by atoms with Crippen LogP contribution in [0, 0.1) is 0 Å². The number of fused-ring (bicyclic) bond motifs is 1. The van der Waals surface area contributed by atoms with Gasteiger partial charge in [0.2, 0.25) is 0 Å². The molecule has 0 aliphatic carbocycles. The van der Waals surface area contributed by atoms with E-state index >= 15 is 0 Å². The van der Waals surface area contributed by atoms with E-state index in [0.29, 0.717) is 5.39 Å². The van der Waals surface area contributed by atoms with E-state index in [0.717, 1.165) is 11.9 Å². The maximum absolute atomic E-state index is 11.0. The first-order valence-corrected chi connectivity index (χ1v) is 7.60. The third-order valence-corrected chi connectivity index (χ3v) is 3.50. The Kier molecular flexibility index (Phi) is 5.95. The molecule has 0 unspecified atom stereocenters. The molecule has 2 rings (SSSR count). The lowest BCUT2D eigenvalue weighted by atomic mass is 10.1. The van der Waals surface area contributed by atoms with Gasteiger partial charge in [0.25, 0.3) is 10.1 Å². The van der Waals surface area contributed by atoms with Gasteiger partial charge in [-0.3, -0.25) is 4.55 Å². The molecule has 0 amide bonds. The standard InChI is InChI=1S/C10H8O3S.C4H11N/c11-14(12,13)10-7-3-5-8-4-1-2-6-9(8)10;1-2-3-4-5/h1-7H,(H,11,12,13);2-5H2,1H3. The van der Waals surface area contributed by atoms with Gasteiger partial charge in [-0.25, -0.2) is 0 Å². The number of unbranched alkanes of at least 4 members (excludes halogenated alkanes) is 1. The third-order valence-electron chi connectivity index (χ3n) is 2.59. The summed E-state index contributed by atoms with van der Waals surface area (Å²) in [5, 5.41) is 1.33. The van der Waals surface area contributed by atoms with Crippen LogP contribution < -0.4 is 5.73 Å². The van der Waals surface area contributed by atoms with Crippen molar-refractivity contribution >= 4 is 20.9 Å². The molecule has 2 aromatic rings. The molecule has 0 aliphatic rings. The first kappa shape index (κ1) is 15.6. The molecule has 0 bridgehead atoms. The predicted octanol–water partition coefficient (Wildman–Crippen LogP) is 2.83. The Morgan fingerprint density at radius 2 is 1.74 bits per heavy atom. The van der Waals surface area contributed by atoms with Gasteiger partial charge in [-0.1, -0.05) is 49.7 Å². The maximum atomic E-state index is 11.0. The lowest BCUT2D eigenvalue weighted by Gasteiger charge is -2.02. The molecule has 0 atom stereocenters. The van der Waals surface area contributed by atoms with Crippen molar-refractivity contribution in [2.24, 2.45) is 5.73 Å². The summed E-state index contributed by atoms with van der Waals surface area (Å²) in [6.45, 7) is 2.98. The lowest BCUT2D eigenvalue weighted by molar-refractivity contribution is 0.484. The van der Waals surface area contributed by atoms with E-state index in [1.54, 1.807) is 30.3 Å². The summed E-state index contributed by atoms with van der Waals surface area (Å²) in [6.07, 6.45) is 2.39. The number of rotatable bonds is 3. The van der Waals surface area contributed by atoms with Crippen LogP contribution in [0.1, 0.15) is 19.8 Å². The lowest BCUT2D eigenvalue weighted by Crippen LogP contribution is -1.98. The summed E-state index contributed by atoms with van der Waals surface area (Å²) >= 11 is 0. The number of nitrogens with two attached hydrogens (primary N) is 1. The van der Waals surface area contributed by atoms with Crippen molar-refractivity contribution in [3.05, 3.63) is 42.5 Å². The maximum Gasteiger partial charge on any atom is 0.295 e. The highest BCUT2D eigenvalue weighted by Gasteiger charge is 2.12. The minimum Gasteiger partial charge on any atom is -0.330 e. The summed E-state index contributed by atoms with van der Waals surface area (Å²) in [5.41, 5.74) is 5.14. The Balaban J connectivity index is 0.000000312. The summed E-state index contributed by atoms with van der Waals surface area (Å²) in [6, 6.07) is 11.8. The van der Waals surface area contributed by atoms with Crippen LogP contribution in [-0.4, -0.2) is 19.5 Å². The van der Waals surface area contributed by atoms with Crippen LogP contribution in [0.3, 0.4) is 0 Å². The second kappa shape index (κ2) is 7.23. The second-order valence-electron chi connectivity index (χ2n) is 4.09. The van der Waals surface area contributed by atoms with E-state index in [9.17, 15) is 8.42 Å². The normalized spacial score (nSPS) is 10.9. The quantitative estimate of drug-likeness (QED) is 0.848. The van der Waals surface area contributed by atoms with Gasteiger partial charge < -0.3 is 5.73 Å². The van der Waals surface area contributed by atoms with Crippen LogP contribution in [-0.2, 0) is 10.1 Å². The van der Waals surface area contributed by atoms with Gasteiger partial charge in [-0.05, 0) is 24.4 Å². The van der Waals surface area contributed by atoms with Gasteiger partial charge >= 0.3 is 0 Å². The van der Waals surface area contributed by atoms with Crippen molar-refractivity contribution < 1.29 is 13.0 Å². The van der Waals surface area contributed by atoms with Crippen LogP contribution in [0.25, 0.3) is 10.8 Å². The zero-order valence-electron chi connectivity index (χ0n) is 10.9. The Morgan fingerprint density at radius 3 is 2.26 bits per heavy atom. The SMILES string of the molecule is CCCCN.O=S(=O)(O)c1cccc2ccccc12. The van der Waals surface area contributed by atoms with Gasteiger partial charge in [0.15, 0.2) is 0 Å². The largest absolute Gasteiger partial charge is 0.330 e. The number of hydrogen-bond donors (Lipinski definition) is 2. The molecule has 0 spiro atoms. The molecule has 0 fully saturated rings. The minimum absolute atomic E-state index is 0.0457. The molecule has 0 radical (unpaired) electrons. The Labute approximate surface area is 114 Å². The molecule has 4 nitrogen and oxygen atoms in total. The van der Waals surface area contributed by atoms with Gasteiger partial charge in [-0.15, -0.1) is 0 Å². The Bertz CT molecular complexity index is 616. The monoisotopic (exact) mass is 281 g/mol. The fraction of sp³-hybridized carbons (Fsp3) is 0.286. The predicted molar refractivity (Wildman–Crippen MR) is 77.7 cm³/mol. The molecule has 104 valence electrons. The highest BCUT2D eigenvalue weighted by Crippen LogP contribution is 2.21. The average molecular weight is 281 g/mol. The first-order chi connectivity index (χ1) is 9.00. The molecule has 19 heavy (non-hydrogen) atoms. The summed E-state index contributed by atoms with van der Waals surface area (Å²) < 4.78 is 31.0. The molecule has 0 saturated heterocycles. The highest BCUT2D eigenvalue weighted by atomic mass is 32.2. The molecule has 5 heteroatoms. The molecule has 0 saturated carbocycles. The molecule has 0 aromatic heterocycles. The Hall–Kier alpha value is -1.43. The number of benzene rings is 2. The van der Waals surface area contributed by atoms with Crippen molar-refractivity contribution in [2.45, 2.75) is 24.7 Å². The van der Waals surface area contributed by atoms with Crippen LogP contribution in [0.15, 0.2) is 47.4 Å². The molecule has 0 aliphatic heterocycles.